The molecule has 0 spiro atoms. The second-order valence-corrected chi connectivity index (χ2v) is 4.97. The van der Waals surface area contributed by atoms with Crippen LogP contribution in [0.2, 0.25) is 0 Å². The van der Waals surface area contributed by atoms with E-state index in [0.29, 0.717) is 19.1 Å². The van der Waals surface area contributed by atoms with Crippen LogP contribution in [0.4, 0.5) is 0 Å². The number of aliphatic hydroxyl groups excluding tert-OH is 1. The lowest BCUT2D eigenvalue weighted by molar-refractivity contribution is 0.0139. The predicted octanol–water partition coefficient (Wildman–Crippen LogP) is 1.85. The maximum atomic E-state index is 8.68. The molecule has 1 saturated heterocycles. The summed E-state index contributed by atoms with van der Waals surface area (Å²) in [5.41, 5.74) is 0.838. The molecule has 1 N–H and O–H groups in total. The Hall–Kier alpha value is -1.54. The molecule has 0 aliphatic carbocycles. The van der Waals surface area contributed by atoms with Gasteiger partial charge in [0.2, 0.25) is 0 Å². The van der Waals surface area contributed by atoms with Crippen molar-refractivity contribution >= 4 is 0 Å². The molecule has 1 aromatic rings. The van der Waals surface area contributed by atoms with Crippen LogP contribution >= 0.6 is 0 Å². The Balaban J connectivity index is 1.64. The van der Waals surface area contributed by atoms with Crippen molar-refractivity contribution in [2.45, 2.75) is 12.8 Å². The SMILES string of the molecule is OCC#Cc1cccc(OCCOCC2CCOCC2)c1. The lowest BCUT2D eigenvalue weighted by atomic mass is 10.0. The predicted molar refractivity (Wildman–Crippen MR) is 80.3 cm³/mol. The Kier molecular flexibility index (Phi) is 7.10. The first kappa shape index (κ1) is 15.8. The minimum Gasteiger partial charge on any atom is -0.491 e. The zero-order valence-corrected chi connectivity index (χ0v) is 12.2. The minimum atomic E-state index is -0.134. The van der Waals surface area contributed by atoms with Crippen LogP contribution in [-0.4, -0.2) is 44.7 Å². The second kappa shape index (κ2) is 9.41. The number of rotatable bonds is 6. The number of hydrogen-bond donors (Lipinski definition) is 1. The van der Waals surface area contributed by atoms with Crippen molar-refractivity contribution in [2.24, 2.45) is 5.92 Å². The molecule has 0 radical (unpaired) electrons. The first-order valence-corrected chi connectivity index (χ1v) is 7.36. The Morgan fingerprint density at radius 3 is 2.90 bits per heavy atom. The Morgan fingerprint density at radius 1 is 1.24 bits per heavy atom. The lowest BCUT2D eigenvalue weighted by Crippen LogP contribution is -2.21. The highest BCUT2D eigenvalue weighted by Gasteiger charge is 2.13. The van der Waals surface area contributed by atoms with Crippen LogP contribution in [0.1, 0.15) is 18.4 Å². The highest BCUT2D eigenvalue weighted by molar-refractivity contribution is 5.39. The fourth-order valence-corrected chi connectivity index (χ4v) is 2.19. The topological polar surface area (TPSA) is 47.9 Å². The van der Waals surface area contributed by atoms with Gasteiger partial charge in [-0.2, -0.15) is 0 Å². The van der Waals surface area contributed by atoms with Crippen LogP contribution in [0.5, 0.6) is 5.75 Å². The van der Waals surface area contributed by atoms with Crippen molar-refractivity contribution in [1.29, 1.82) is 0 Å². The zero-order valence-electron chi connectivity index (χ0n) is 12.2. The van der Waals surface area contributed by atoms with Crippen molar-refractivity contribution < 1.29 is 19.3 Å². The number of benzene rings is 1. The summed E-state index contributed by atoms with van der Waals surface area (Å²) in [5, 5.41) is 8.68. The third-order valence-corrected chi connectivity index (χ3v) is 3.34. The first-order valence-electron chi connectivity index (χ1n) is 7.36. The Morgan fingerprint density at radius 2 is 2.10 bits per heavy atom. The van der Waals surface area contributed by atoms with Gasteiger partial charge in [-0.25, -0.2) is 0 Å². The molecule has 0 bridgehead atoms. The van der Waals surface area contributed by atoms with Gasteiger partial charge in [0.05, 0.1) is 6.61 Å². The Bertz CT molecular complexity index is 469. The molecule has 1 aliphatic heterocycles. The number of aliphatic hydroxyl groups is 1. The van der Waals surface area contributed by atoms with Crippen LogP contribution in [-0.2, 0) is 9.47 Å². The van der Waals surface area contributed by atoms with Crippen molar-refractivity contribution in [1.82, 2.24) is 0 Å². The normalized spacial score (nSPS) is 15.3. The van der Waals surface area contributed by atoms with E-state index in [1.54, 1.807) is 0 Å². The summed E-state index contributed by atoms with van der Waals surface area (Å²) in [6.45, 7) is 3.47. The third-order valence-electron chi connectivity index (χ3n) is 3.34. The summed E-state index contributed by atoms with van der Waals surface area (Å²) in [7, 11) is 0. The van der Waals surface area contributed by atoms with Crippen LogP contribution in [0, 0.1) is 17.8 Å². The molecule has 1 aliphatic rings. The van der Waals surface area contributed by atoms with E-state index in [-0.39, 0.29) is 6.61 Å². The second-order valence-electron chi connectivity index (χ2n) is 4.97. The van der Waals surface area contributed by atoms with Gasteiger partial charge in [-0.15, -0.1) is 0 Å². The van der Waals surface area contributed by atoms with Gasteiger partial charge in [0, 0.05) is 25.4 Å². The van der Waals surface area contributed by atoms with E-state index in [1.165, 1.54) is 0 Å². The molecule has 0 aromatic heterocycles. The van der Waals surface area contributed by atoms with Crippen molar-refractivity contribution in [2.75, 3.05) is 39.6 Å². The van der Waals surface area contributed by atoms with Crippen molar-refractivity contribution in [3.05, 3.63) is 29.8 Å². The van der Waals surface area contributed by atoms with E-state index >= 15 is 0 Å². The molecule has 114 valence electrons. The molecule has 1 fully saturated rings. The summed E-state index contributed by atoms with van der Waals surface area (Å²) in [6.07, 6.45) is 2.18. The van der Waals surface area contributed by atoms with Crippen LogP contribution < -0.4 is 4.74 Å². The van der Waals surface area contributed by atoms with Gasteiger partial charge >= 0.3 is 0 Å². The van der Waals surface area contributed by atoms with Crippen molar-refractivity contribution in [3.8, 4) is 17.6 Å². The van der Waals surface area contributed by atoms with Crippen LogP contribution in [0.15, 0.2) is 24.3 Å². The maximum Gasteiger partial charge on any atom is 0.120 e. The summed E-state index contributed by atoms with van der Waals surface area (Å²) >= 11 is 0. The fraction of sp³-hybridized carbons (Fsp3) is 0.529. The highest BCUT2D eigenvalue weighted by Crippen LogP contribution is 2.15. The fourth-order valence-electron chi connectivity index (χ4n) is 2.19. The monoisotopic (exact) mass is 290 g/mol. The van der Waals surface area contributed by atoms with E-state index in [2.05, 4.69) is 11.8 Å². The van der Waals surface area contributed by atoms with Gasteiger partial charge in [0.1, 0.15) is 19.0 Å². The lowest BCUT2D eigenvalue weighted by Gasteiger charge is -2.21. The van der Waals surface area contributed by atoms with Gasteiger partial charge in [-0.05, 0) is 37.0 Å². The number of ether oxygens (including phenoxy) is 3. The Labute approximate surface area is 126 Å². The van der Waals surface area contributed by atoms with Crippen LogP contribution in [0.3, 0.4) is 0 Å². The van der Waals surface area contributed by atoms with Crippen molar-refractivity contribution in [3.63, 3.8) is 0 Å². The summed E-state index contributed by atoms with van der Waals surface area (Å²) in [4.78, 5) is 0. The average molecular weight is 290 g/mol. The summed E-state index contributed by atoms with van der Waals surface area (Å²) in [6, 6.07) is 7.53. The van der Waals surface area contributed by atoms with E-state index in [4.69, 9.17) is 19.3 Å². The minimum absolute atomic E-state index is 0.134. The van der Waals surface area contributed by atoms with Gasteiger partial charge in [0.25, 0.3) is 0 Å². The molecule has 21 heavy (non-hydrogen) atoms. The molecular formula is C17H22O4. The molecule has 4 nitrogen and oxygen atoms in total. The van der Waals surface area contributed by atoms with Crippen LogP contribution in [0.25, 0.3) is 0 Å². The largest absolute Gasteiger partial charge is 0.491 e. The molecule has 0 atom stereocenters. The molecular weight excluding hydrogens is 268 g/mol. The van der Waals surface area contributed by atoms with E-state index in [9.17, 15) is 0 Å². The molecule has 0 saturated carbocycles. The quantitative estimate of drug-likeness (QED) is 0.641. The molecule has 0 unspecified atom stereocenters. The first-order chi connectivity index (χ1) is 10.4. The standard InChI is InChI=1S/C17H22O4/c18-8-2-4-15-3-1-5-17(13-15)21-12-11-20-14-16-6-9-19-10-7-16/h1,3,5,13,16,18H,6-12,14H2. The smallest absolute Gasteiger partial charge is 0.120 e. The molecule has 1 aromatic carbocycles. The third kappa shape index (κ3) is 6.17. The van der Waals surface area contributed by atoms with E-state index in [0.717, 1.165) is 44.0 Å². The molecule has 0 amide bonds. The summed E-state index contributed by atoms with van der Waals surface area (Å²) < 4.78 is 16.6. The molecule has 2 rings (SSSR count). The summed E-state index contributed by atoms with van der Waals surface area (Å²) in [5.74, 6) is 6.87. The zero-order chi connectivity index (χ0) is 14.8. The van der Waals surface area contributed by atoms with Gasteiger partial charge < -0.3 is 19.3 Å². The van der Waals surface area contributed by atoms with Gasteiger partial charge in [-0.1, -0.05) is 17.9 Å². The molecule has 4 heteroatoms. The highest BCUT2D eigenvalue weighted by atomic mass is 16.5. The van der Waals surface area contributed by atoms with E-state index < -0.39 is 0 Å². The molecule has 1 heterocycles. The van der Waals surface area contributed by atoms with Gasteiger partial charge in [-0.3, -0.25) is 0 Å². The average Bonchev–Trinajstić information content (AvgIpc) is 2.54. The number of hydrogen-bond acceptors (Lipinski definition) is 4. The maximum absolute atomic E-state index is 8.68. The van der Waals surface area contributed by atoms with E-state index in [1.807, 2.05) is 24.3 Å². The van der Waals surface area contributed by atoms with Gasteiger partial charge in [0.15, 0.2) is 0 Å².